The number of ether oxygens (including phenoxy) is 1. The van der Waals surface area contributed by atoms with Gasteiger partial charge in [-0.15, -0.1) is 0 Å². The second kappa shape index (κ2) is 6.17. The molecule has 1 unspecified atom stereocenters. The van der Waals surface area contributed by atoms with Gasteiger partial charge in [0.1, 0.15) is 11.6 Å². The van der Waals surface area contributed by atoms with Crippen molar-refractivity contribution in [2.24, 2.45) is 5.73 Å². The minimum atomic E-state index is -0.283. The van der Waals surface area contributed by atoms with E-state index in [0.29, 0.717) is 10.9 Å². The highest BCUT2D eigenvalue weighted by Gasteiger charge is 2.09. The summed E-state index contributed by atoms with van der Waals surface area (Å²) in [4.78, 5) is 0. The first-order valence-electron chi connectivity index (χ1n) is 5.93. The molecule has 0 spiro atoms. The average molecular weight is 324 g/mol. The Morgan fingerprint density at radius 2 is 1.89 bits per heavy atom. The lowest BCUT2D eigenvalue weighted by molar-refractivity contribution is 0.414. The number of hydrogen-bond donors (Lipinski definition) is 1. The summed E-state index contributed by atoms with van der Waals surface area (Å²) >= 11 is 3.27. The predicted molar refractivity (Wildman–Crippen MR) is 77.7 cm³/mol. The van der Waals surface area contributed by atoms with Gasteiger partial charge in [-0.25, -0.2) is 4.39 Å². The molecule has 0 radical (unpaired) electrons. The number of halogens is 2. The lowest BCUT2D eigenvalue weighted by Gasteiger charge is -2.13. The van der Waals surface area contributed by atoms with Crippen LogP contribution in [0.1, 0.15) is 17.2 Å². The molecule has 0 fully saturated rings. The van der Waals surface area contributed by atoms with Gasteiger partial charge in [0.25, 0.3) is 0 Å². The fourth-order valence-corrected chi connectivity index (χ4v) is 2.41. The van der Waals surface area contributed by atoms with Gasteiger partial charge < -0.3 is 10.5 Å². The molecule has 0 aliphatic heterocycles. The predicted octanol–water partition coefficient (Wildman–Crippen LogP) is 3.84. The molecule has 19 heavy (non-hydrogen) atoms. The van der Waals surface area contributed by atoms with Crippen LogP contribution in [0.4, 0.5) is 4.39 Å². The highest BCUT2D eigenvalue weighted by atomic mass is 79.9. The second-order valence-corrected chi connectivity index (χ2v) is 5.28. The van der Waals surface area contributed by atoms with Crippen molar-refractivity contribution in [3.8, 4) is 5.75 Å². The zero-order valence-corrected chi connectivity index (χ0v) is 12.2. The Kier molecular flexibility index (Phi) is 4.56. The van der Waals surface area contributed by atoms with E-state index >= 15 is 0 Å². The molecule has 0 bridgehead atoms. The van der Waals surface area contributed by atoms with E-state index in [9.17, 15) is 4.39 Å². The van der Waals surface area contributed by atoms with Crippen LogP contribution < -0.4 is 10.5 Å². The van der Waals surface area contributed by atoms with Gasteiger partial charge in [0, 0.05) is 10.5 Å². The van der Waals surface area contributed by atoms with Crippen molar-refractivity contribution in [1.29, 1.82) is 0 Å². The fourth-order valence-electron chi connectivity index (χ4n) is 1.92. The van der Waals surface area contributed by atoms with Gasteiger partial charge in [-0.1, -0.05) is 28.1 Å². The lowest BCUT2D eigenvalue weighted by Crippen LogP contribution is -2.13. The van der Waals surface area contributed by atoms with Crippen LogP contribution in [0.3, 0.4) is 0 Å². The summed E-state index contributed by atoms with van der Waals surface area (Å²) < 4.78 is 19.1. The van der Waals surface area contributed by atoms with E-state index < -0.39 is 0 Å². The van der Waals surface area contributed by atoms with Gasteiger partial charge in [0.15, 0.2) is 0 Å². The molecule has 2 nitrogen and oxygen atoms in total. The Balaban J connectivity index is 2.13. The normalized spacial score (nSPS) is 12.2. The van der Waals surface area contributed by atoms with Crippen molar-refractivity contribution < 1.29 is 9.13 Å². The number of hydrogen-bond acceptors (Lipinski definition) is 2. The Bertz CT molecular complexity index is 536. The zero-order chi connectivity index (χ0) is 13.8. The monoisotopic (exact) mass is 323 g/mol. The molecule has 0 saturated carbocycles. The Morgan fingerprint density at radius 3 is 2.47 bits per heavy atom. The number of nitrogens with two attached hydrogens (primary N) is 1. The summed E-state index contributed by atoms with van der Waals surface area (Å²) in [5, 5.41) is 0. The minimum Gasteiger partial charge on any atom is -0.497 e. The summed E-state index contributed by atoms with van der Waals surface area (Å²) in [6.45, 7) is 0. The quantitative estimate of drug-likeness (QED) is 0.927. The maximum absolute atomic E-state index is 13.3. The molecule has 0 heterocycles. The second-order valence-electron chi connectivity index (χ2n) is 4.36. The minimum absolute atomic E-state index is 0.236. The van der Waals surface area contributed by atoms with Crippen molar-refractivity contribution >= 4 is 15.9 Å². The van der Waals surface area contributed by atoms with E-state index in [1.54, 1.807) is 7.11 Å². The number of rotatable bonds is 4. The summed E-state index contributed by atoms with van der Waals surface area (Å²) in [6.07, 6.45) is 0.653. The highest BCUT2D eigenvalue weighted by molar-refractivity contribution is 9.10. The number of methoxy groups -OCH3 is 1. The van der Waals surface area contributed by atoms with E-state index in [1.807, 2.05) is 30.3 Å². The third-order valence-electron chi connectivity index (χ3n) is 2.93. The van der Waals surface area contributed by atoms with Crippen molar-refractivity contribution in [2.45, 2.75) is 12.5 Å². The van der Waals surface area contributed by atoms with Gasteiger partial charge in [0.05, 0.1) is 7.11 Å². The fraction of sp³-hybridized carbons (Fsp3) is 0.200. The maximum atomic E-state index is 13.3. The largest absolute Gasteiger partial charge is 0.497 e. The van der Waals surface area contributed by atoms with Crippen molar-refractivity contribution in [3.63, 3.8) is 0 Å². The van der Waals surface area contributed by atoms with Crippen molar-refractivity contribution in [1.82, 2.24) is 0 Å². The van der Waals surface area contributed by atoms with Crippen LogP contribution >= 0.6 is 15.9 Å². The standard InChI is InChI=1S/C15H15BrFNO/c1-19-14-4-2-10(3-5-14)6-15(18)11-7-12(16)9-13(17)8-11/h2-5,7-9,15H,6,18H2,1H3. The van der Waals surface area contributed by atoms with Crippen molar-refractivity contribution in [2.75, 3.05) is 7.11 Å². The van der Waals surface area contributed by atoms with Crippen molar-refractivity contribution in [3.05, 3.63) is 63.9 Å². The van der Waals surface area contributed by atoms with E-state index in [0.717, 1.165) is 16.9 Å². The van der Waals surface area contributed by atoms with Gasteiger partial charge in [0.2, 0.25) is 0 Å². The van der Waals surface area contributed by atoms with Crippen LogP contribution in [0.25, 0.3) is 0 Å². The van der Waals surface area contributed by atoms with E-state index in [4.69, 9.17) is 10.5 Å². The topological polar surface area (TPSA) is 35.2 Å². The molecule has 2 N–H and O–H groups in total. The van der Waals surface area contributed by atoms with Gasteiger partial charge in [-0.05, 0) is 47.9 Å². The summed E-state index contributed by atoms with van der Waals surface area (Å²) in [7, 11) is 1.63. The molecule has 2 aromatic carbocycles. The van der Waals surface area contributed by atoms with Gasteiger partial charge in [-0.3, -0.25) is 0 Å². The third kappa shape index (κ3) is 3.78. The van der Waals surface area contributed by atoms with Crippen LogP contribution in [0.5, 0.6) is 5.75 Å². The van der Waals surface area contributed by atoms with Crippen LogP contribution in [0.15, 0.2) is 46.9 Å². The Labute approximate surface area is 120 Å². The summed E-state index contributed by atoms with van der Waals surface area (Å²) in [5.41, 5.74) is 7.99. The molecule has 0 saturated heterocycles. The molecule has 100 valence electrons. The molecule has 0 aromatic heterocycles. The SMILES string of the molecule is COc1ccc(CC(N)c2cc(F)cc(Br)c2)cc1. The molecule has 1 atom stereocenters. The summed E-state index contributed by atoms with van der Waals surface area (Å²) in [5.74, 6) is 0.528. The van der Waals surface area contributed by atoms with Crippen LogP contribution in [-0.4, -0.2) is 7.11 Å². The average Bonchev–Trinajstić information content (AvgIpc) is 2.38. The van der Waals surface area contributed by atoms with Crippen LogP contribution in [-0.2, 0) is 6.42 Å². The molecular weight excluding hydrogens is 309 g/mol. The molecule has 4 heteroatoms. The Morgan fingerprint density at radius 1 is 1.21 bits per heavy atom. The first-order valence-corrected chi connectivity index (χ1v) is 6.72. The molecule has 2 aromatic rings. The highest BCUT2D eigenvalue weighted by Crippen LogP contribution is 2.22. The first-order chi connectivity index (χ1) is 9.08. The van der Waals surface area contributed by atoms with E-state index in [-0.39, 0.29) is 11.9 Å². The molecule has 2 rings (SSSR count). The lowest BCUT2D eigenvalue weighted by atomic mass is 9.99. The van der Waals surface area contributed by atoms with E-state index in [2.05, 4.69) is 15.9 Å². The third-order valence-corrected chi connectivity index (χ3v) is 3.39. The Hall–Kier alpha value is -1.39. The van der Waals surface area contributed by atoms with Crippen LogP contribution in [0.2, 0.25) is 0 Å². The van der Waals surface area contributed by atoms with Gasteiger partial charge in [-0.2, -0.15) is 0 Å². The molecule has 0 amide bonds. The maximum Gasteiger partial charge on any atom is 0.124 e. The van der Waals surface area contributed by atoms with E-state index in [1.165, 1.54) is 12.1 Å². The van der Waals surface area contributed by atoms with Gasteiger partial charge >= 0.3 is 0 Å². The first kappa shape index (κ1) is 14.0. The zero-order valence-electron chi connectivity index (χ0n) is 10.6. The number of benzene rings is 2. The smallest absolute Gasteiger partial charge is 0.124 e. The molecule has 0 aliphatic rings. The molecular formula is C15H15BrFNO. The van der Waals surface area contributed by atoms with Crippen LogP contribution in [0, 0.1) is 5.82 Å². The molecule has 0 aliphatic carbocycles. The summed E-state index contributed by atoms with van der Waals surface area (Å²) in [6, 6.07) is 12.2.